The summed E-state index contributed by atoms with van der Waals surface area (Å²) in [6.07, 6.45) is 11.0. The predicted octanol–water partition coefficient (Wildman–Crippen LogP) is 4.16. The molecule has 2 heteroatoms. The summed E-state index contributed by atoms with van der Waals surface area (Å²) in [5.74, 6) is 0.842. The molecule has 0 aliphatic rings. The Hall–Kier alpha value is -0.0800. The van der Waals surface area contributed by atoms with Crippen molar-refractivity contribution >= 4 is 0 Å². The van der Waals surface area contributed by atoms with Crippen LogP contribution in [0.2, 0.25) is 0 Å². The molecule has 0 heterocycles. The molecular formula is C15H32O2. The average molecular weight is 244 g/mol. The van der Waals surface area contributed by atoms with Crippen LogP contribution in [0.3, 0.4) is 0 Å². The van der Waals surface area contributed by atoms with E-state index in [-0.39, 0.29) is 0 Å². The van der Waals surface area contributed by atoms with Gasteiger partial charge >= 0.3 is 0 Å². The summed E-state index contributed by atoms with van der Waals surface area (Å²) in [5, 5.41) is 8.62. The van der Waals surface area contributed by atoms with Crippen molar-refractivity contribution in [1.82, 2.24) is 0 Å². The van der Waals surface area contributed by atoms with Gasteiger partial charge in [0.1, 0.15) is 0 Å². The van der Waals surface area contributed by atoms with Crippen LogP contribution < -0.4 is 0 Å². The van der Waals surface area contributed by atoms with E-state index in [9.17, 15) is 0 Å². The van der Waals surface area contributed by atoms with Crippen molar-refractivity contribution in [3.8, 4) is 0 Å². The van der Waals surface area contributed by atoms with Crippen molar-refractivity contribution in [3.05, 3.63) is 0 Å². The van der Waals surface area contributed by atoms with Crippen LogP contribution in [-0.4, -0.2) is 24.9 Å². The van der Waals surface area contributed by atoms with Crippen molar-refractivity contribution in [2.75, 3.05) is 19.8 Å². The van der Waals surface area contributed by atoms with Crippen LogP contribution in [0, 0.1) is 5.92 Å². The average Bonchev–Trinajstić information content (AvgIpc) is 2.30. The van der Waals surface area contributed by atoms with Crippen molar-refractivity contribution in [1.29, 1.82) is 0 Å². The second-order valence-corrected chi connectivity index (χ2v) is 5.35. The van der Waals surface area contributed by atoms with E-state index in [1.54, 1.807) is 0 Å². The Labute approximate surface area is 108 Å². The van der Waals surface area contributed by atoms with Gasteiger partial charge in [-0.2, -0.15) is 0 Å². The van der Waals surface area contributed by atoms with Gasteiger partial charge in [-0.15, -0.1) is 0 Å². The summed E-state index contributed by atoms with van der Waals surface area (Å²) in [4.78, 5) is 0. The largest absolute Gasteiger partial charge is 0.396 e. The van der Waals surface area contributed by atoms with E-state index in [1.807, 2.05) is 0 Å². The number of ether oxygens (including phenoxy) is 1. The number of aliphatic hydroxyl groups excluding tert-OH is 1. The lowest BCUT2D eigenvalue weighted by Gasteiger charge is -2.05. The van der Waals surface area contributed by atoms with Gasteiger partial charge in [-0.1, -0.05) is 52.4 Å². The Morgan fingerprint density at radius 1 is 0.765 bits per heavy atom. The van der Waals surface area contributed by atoms with Gasteiger partial charge in [-0.05, 0) is 25.2 Å². The van der Waals surface area contributed by atoms with Crippen LogP contribution in [0.5, 0.6) is 0 Å². The first-order chi connectivity index (χ1) is 8.27. The molecule has 17 heavy (non-hydrogen) atoms. The first kappa shape index (κ1) is 16.9. The molecule has 0 radical (unpaired) electrons. The van der Waals surface area contributed by atoms with E-state index in [1.165, 1.54) is 44.9 Å². The van der Waals surface area contributed by atoms with Crippen LogP contribution >= 0.6 is 0 Å². The molecule has 0 saturated heterocycles. The molecule has 0 amide bonds. The quantitative estimate of drug-likeness (QED) is 0.493. The monoisotopic (exact) mass is 244 g/mol. The summed E-state index contributed by atoms with van der Waals surface area (Å²) in [6.45, 7) is 6.77. The third-order valence-electron chi connectivity index (χ3n) is 3.02. The van der Waals surface area contributed by atoms with E-state index in [2.05, 4.69) is 13.8 Å². The second-order valence-electron chi connectivity index (χ2n) is 5.35. The van der Waals surface area contributed by atoms with Crippen molar-refractivity contribution < 1.29 is 9.84 Å². The topological polar surface area (TPSA) is 29.5 Å². The minimum Gasteiger partial charge on any atom is -0.396 e. The standard InChI is InChI=1S/C15H32O2/c1-15(2)11-7-6-10-14-17-13-9-5-3-4-8-12-16/h15-16H,3-14H2,1-2H3. The highest BCUT2D eigenvalue weighted by atomic mass is 16.5. The lowest BCUT2D eigenvalue weighted by Crippen LogP contribution is -1.97. The van der Waals surface area contributed by atoms with Gasteiger partial charge in [-0.3, -0.25) is 0 Å². The van der Waals surface area contributed by atoms with Gasteiger partial charge in [0, 0.05) is 19.8 Å². The SMILES string of the molecule is CC(C)CCCCCOCCCCCCCO. The molecule has 0 aromatic carbocycles. The molecule has 0 unspecified atom stereocenters. The molecule has 0 rings (SSSR count). The fourth-order valence-corrected chi connectivity index (χ4v) is 1.88. The summed E-state index contributed by atoms with van der Waals surface area (Å²) < 4.78 is 5.60. The van der Waals surface area contributed by atoms with E-state index < -0.39 is 0 Å². The summed E-state index contributed by atoms with van der Waals surface area (Å²) >= 11 is 0. The maximum atomic E-state index is 8.62. The first-order valence-corrected chi connectivity index (χ1v) is 7.46. The van der Waals surface area contributed by atoms with Crippen LogP contribution in [0.25, 0.3) is 0 Å². The number of unbranched alkanes of at least 4 members (excludes halogenated alkanes) is 6. The minimum absolute atomic E-state index is 0.340. The predicted molar refractivity (Wildman–Crippen MR) is 74.3 cm³/mol. The van der Waals surface area contributed by atoms with Gasteiger partial charge in [0.25, 0.3) is 0 Å². The van der Waals surface area contributed by atoms with E-state index in [0.29, 0.717) is 6.61 Å². The molecule has 1 N–H and O–H groups in total. The fourth-order valence-electron chi connectivity index (χ4n) is 1.88. The Morgan fingerprint density at radius 3 is 1.88 bits per heavy atom. The normalized spacial score (nSPS) is 11.3. The van der Waals surface area contributed by atoms with Gasteiger partial charge in [0.15, 0.2) is 0 Å². The molecule has 104 valence electrons. The van der Waals surface area contributed by atoms with E-state index >= 15 is 0 Å². The van der Waals surface area contributed by atoms with Gasteiger partial charge in [0.05, 0.1) is 0 Å². The van der Waals surface area contributed by atoms with Crippen LogP contribution in [-0.2, 0) is 4.74 Å². The molecule has 0 bridgehead atoms. The molecule has 0 fully saturated rings. The highest BCUT2D eigenvalue weighted by Crippen LogP contribution is 2.08. The molecule has 0 aliphatic carbocycles. The van der Waals surface area contributed by atoms with E-state index in [0.717, 1.165) is 32.0 Å². The number of rotatable bonds is 13. The van der Waals surface area contributed by atoms with Crippen molar-refractivity contribution in [2.45, 2.75) is 71.6 Å². The molecule has 0 aliphatic heterocycles. The third kappa shape index (κ3) is 15.9. The molecule has 0 aromatic rings. The van der Waals surface area contributed by atoms with Crippen LogP contribution in [0.15, 0.2) is 0 Å². The maximum absolute atomic E-state index is 8.62. The molecule has 0 saturated carbocycles. The summed E-state index contributed by atoms with van der Waals surface area (Å²) in [7, 11) is 0. The van der Waals surface area contributed by atoms with Crippen molar-refractivity contribution in [2.24, 2.45) is 5.92 Å². The maximum Gasteiger partial charge on any atom is 0.0466 e. The Morgan fingerprint density at radius 2 is 1.29 bits per heavy atom. The third-order valence-corrected chi connectivity index (χ3v) is 3.02. The lowest BCUT2D eigenvalue weighted by molar-refractivity contribution is 0.125. The number of hydrogen-bond acceptors (Lipinski definition) is 2. The summed E-state index contributed by atoms with van der Waals surface area (Å²) in [5.41, 5.74) is 0. The molecular weight excluding hydrogens is 212 g/mol. The van der Waals surface area contributed by atoms with Gasteiger partial charge in [0.2, 0.25) is 0 Å². The minimum atomic E-state index is 0.340. The van der Waals surface area contributed by atoms with Gasteiger partial charge in [-0.25, -0.2) is 0 Å². The smallest absolute Gasteiger partial charge is 0.0466 e. The van der Waals surface area contributed by atoms with Gasteiger partial charge < -0.3 is 9.84 Å². The zero-order chi connectivity index (χ0) is 12.8. The molecule has 0 aromatic heterocycles. The zero-order valence-corrected chi connectivity index (χ0v) is 11.9. The van der Waals surface area contributed by atoms with E-state index in [4.69, 9.17) is 9.84 Å². The second kappa shape index (κ2) is 14.0. The highest BCUT2D eigenvalue weighted by Gasteiger charge is 1.95. The zero-order valence-electron chi connectivity index (χ0n) is 11.9. The van der Waals surface area contributed by atoms with Crippen LogP contribution in [0.1, 0.15) is 71.6 Å². The first-order valence-electron chi connectivity index (χ1n) is 7.46. The van der Waals surface area contributed by atoms with Crippen molar-refractivity contribution in [3.63, 3.8) is 0 Å². The summed E-state index contributed by atoms with van der Waals surface area (Å²) in [6, 6.07) is 0. The number of aliphatic hydroxyl groups is 1. The number of hydrogen-bond donors (Lipinski definition) is 1. The molecule has 0 spiro atoms. The molecule has 2 nitrogen and oxygen atoms in total. The Balaban J connectivity index is 2.89. The Bertz CT molecular complexity index is 135. The van der Waals surface area contributed by atoms with Crippen LogP contribution in [0.4, 0.5) is 0 Å². The molecule has 0 atom stereocenters. The lowest BCUT2D eigenvalue weighted by atomic mass is 10.1. The fraction of sp³-hybridized carbons (Fsp3) is 1.00. The highest BCUT2D eigenvalue weighted by molar-refractivity contribution is 4.47. The Kier molecular flexibility index (Phi) is 13.9.